The van der Waals surface area contributed by atoms with Crippen molar-refractivity contribution in [1.29, 1.82) is 0 Å². The highest BCUT2D eigenvalue weighted by Gasteiger charge is 2.44. The molecule has 1 amide bonds. The van der Waals surface area contributed by atoms with E-state index in [2.05, 4.69) is 20.4 Å². The number of nitrogens with one attached hydrogen (secondary N) is 1. The average Bonchev–Trinajstić information content (AvgIpc) is 3.23. The highest BCUT2D eigenvalue weighted by molar-refractivity contribution is 7.98. The zero-order chi connectivity index (χ0) is 20.3. The molecule has 2 aromatic heterocycles. The minimum Gasteiger partial charge on any atom is -0.387 e. The normalized spacial score (nSPS) is 25.9. The molecule has 0 bridgehead atoms. The Morgan fingerprint density at radius 2 is 2.21 bits per heavy atom. The SMILES string of the molecule is CSCC[C@H](N)C(=O)NOC[C@H]1O[C@@H](n2cnc3c(N)ncnc32)[C@H](O)[C@@H]1O. The summed E-state index contributed by atoms with van der Waals surface area (Å²) in [7, 11) is 0. The third kappa shape index (κ3) is 4.19. The van der Waals surface area contributed by atoms with Gasteiger partial charge in [-0.3, -0.25) is 14.2 Å². The van der Waals surface area contributed by atoms with Crippen LogP contribution in [-0.4, -0.2) is 78.6 Å². The molecule has 154 valence electrons. The molecule has 3 heterocycles. The van der Waals surface area contributed by atoms with Crippen molar-refractivity contribution in [2.75, 3.05) is 24.3 Å². The van der Waals surface area contributed by atoms with Crippen molar-refractivity contribution in [3.63, 3.8) is 0 Å². The van der Waals surface area contributed by atoms with Gasteiger partial charge in [-0.05, 0) is 18.4 Å². The molecule has 2 aromatic rings. The maximum atomic E-state index is 11.8. The molecule has 3 rings (SSSR count). The summed E-state index contributed by atoms with van der Waals surface area (Å²) in [5.74, 6) is 0.475. The van der Waals surface area contributed by atoms with Gasteiger partial charge in [-0.1, -0.05) is 0 Å². The standard InChI is InChI=1S/C15H23N7O5S/c1-28-3-2-7(16)14(25)21-26-4-8-10(23)11(24)15(27-8)22-6-20-9-12(17)18-5-19-13(9)22/h5-8,10-11,15,23-24H,2-4,16H2,1H3,(H,21,25)(H2,17,18,19)/t7-,8+,10+,11+,15+/m0/s1. The second-order valence-corrected chi connectivity index (χ2v) is 7.28. The lowest BCUT2D eigenvalue weighted by Crippen LogP contribution is -2.43. The van der Waals surface area contributed by atoms with E-state index in [-0.39, 0.29) is 12.4 Å². The van der Waals surface area contributed by atoms with Gasteiger partial charge in [-0.15, -0.1) is 0 Å². The number of imidazole rings is 1. The number of hydrogen-bond acceptors (Lipinski definition) is 11. The molecule has 13 heteroatoms. The molecule has 0 aromatic carbocycles. The number of hydroxylamine groups is 1. The fraction of sp³-hybridized carbons (Fsp3) is 0.600. The third-order valence-electron chi connectivity index (χ3n) is 4.39. The van der Waals surface area contributed by atoms with Gasteiger partial charge >= 0.3 is 0 Å². The van der Waals surface area contributed by atoms with E-state index in [0.717, 1.165) is 5.75 Å². The second-order valence-electron chi connectivity index (χ2n) is 6.29. The Morgan fingerprint density at radius 3 is 2.96 bits per heavy atom. The van der Waals surface area contributed by atoms with Crippen molar-refractivity contribution < 1.29 is 24.6 Å². The highest BCUT2D eigenvalue weighted by Crippen LogP contribution is 2.31. The van der Waals surface area contributed by atoms with E-state index in [4.69, 9.17) is 21.0 Å². The van der Waals surface area contributed by atoms with Crippen molar-refractivity contribution in [1.82, 2.24) is 25.0 Å². The minimum atomic E-state index is -1.26. The number of aromatic nitrogens is 4. The van der Waals surface area contributed by atoms with Crippen LogP contribution < -0.4 is 16.9 Å². The number of rotatable bonds is 8. The Balaban J connectivity index is 1.60. The summed E-state index contributed by atoms with van der Waals surface area (Å²) in [5.41, 5.74) is 14.5. The number of anilines is 1. The van der Waals surface area contributed by atoms with Gasteiger partial charge in [-0.2, -0.15) is 11.8 Å². The number of hydrogen-bond donors (Lipinski definition) is 5. The number of thioether (sulfide) groups is 1. The van der Waals surface area contributed by atoms with Crippen molar-refractivity contribution in [2.24, 2.45) is 5.73 Å². The van der Waals surface area contributed by atoms with Crippen LogP contribution in [0.3, 0.4) is 0 Å². The Morgan fingerprint density at radius 1 is 1.43 bits per heavy atom. The quantitative estimate of drug-likeness (QED) is 0.306. The molecule has 1 aliphatic heterocycles. The van der Waals surface area contributed by atoms with Gasteiger partial charge in [0.2, 0.25) is 0 Å². The first-order chi connectivity index (χ1) is 13.4. The molecule has 0 saturated carbocycles. The predicted molar refractivity (Wildman–Crippen MR) is 101 cm³/mol. The summed E-state index contributed by atoms with van der Waals surface area (Å²) in [4.78, 5) is 29.0. The van der Waals surface area contributed by atoms with Crippen LogP contribution in [0.4, 0.5) is 5.82 Å². The largest absolute Gasteiger partial charge is 0.387 e. The fourth-order valence-electron chi connectivity index (χ4n) is 2.80. The van der Waals surface area contributed by atoms with E-state index in [9.17, 15) is 15.0 Å². The Labute approximate surface area is 164 Å². The maximum Gasteiger partial charge on any atom is 0.260 e. The van der Waals surface area contributed by atoms with Crippen molar-refractivity contribution in [3.05, 3.63) is 12.7 Å². The first-order valence-corrected chi connectivity index (χ1v) is 9.94. The smallest absolute Gasteiger partial charge is 0.260 e. The number of nitrogens with zero attached hydrogens (tertiary/aromatic N) is 4. The molecule has 1 fully saturated rings. The van der Waals surface area contributed by atoms with Gasteiger partial charge in [0.15, 0.2) is 17.7 Å². The second kappa shape index (κ2) is 8.98. The van der Waals surface area contributed by atoms with E-state index < -0.39 is 36.5 Å². The van der Waals surface area contributed by atoms with Crippen LogP contribution >= 0.6 is 11.8 Å². The molecular weight excluding hydrogens is 390 g/mol. The fourth-order valence-corrected chi connectivity index (χ4v) is 3.29. The van der Waals surface area contributed by atoms with Gasteiger partial charge < -0.3 is 26.4 Å². The summed E-state index contributed by atoms with van der Waals surface area (Å²) in [5, 5.41) is 20.6. The van der Waals surface area contributed by atoms with E-state index >= 15 is 0 Å². The Kier molecular flexibility index (Phi) is 6.64. The summed E-state index contributed by atoms with van der Waals surface area (Å²) in [6.07, 6.45) is 0.743. The van der Waals surface area contributed by atoms with E-state index in [1.54, 1.807) is 11.8 Å². The van der Waals surface area contributed by atoms with Crippen LogP contribution in [0.5, 0.6) is 0 Å². The summed E-state index contributed by atoms with van der Waals surface area (Å²) >= 11 is 1.59. The van der Waals surface area contributed by atoms with Gasteiger partial charge in [0.1, 0.15) is 36.8 Å². The molecule has 1 aliphatic rings. The number of amides is 1. The third-order valence-corrected chi connectivity index (χ3v) is 5.03. The van der Waals surface area contributed by atoms with Crippen LogP contribution in [-0.2, 0) is 14.4 Å². The van der Waals surface area contributed by atoms with Crippen LogP contribution in [0, 0.1) is 0 Å². The average molecular weight is 413 g/mol. The highest BCUT2D eigenvalue weighted by atomic mass is 32.2. The molecule has 0 unspecified atom stereocenters. The molecular formula is C15H23N7O5S. The Bertz CT molecular complexity index is 821. The summed E-state index contributed by atoms with van der Waals surface area (Å²) < 4.78 is 7.15. The first kappa shape index (κ1) is 20.7. The predicted octanol–water partition coefficient (Wildman–Crippen LogP) is -1.84. The number of fused-ring (bicyclic) bond motifs is 1. The number of carbonyl (C=O) groups is 1. The molecule has 12 nitrogen and oxygen atoms in total. The zero-order valence-corrected chi connectivity index (χ0v) is 16.0. The molecule has 5 atom stereocenters. The van der Waals surface area contributed by atoms with Crippen LogP contribution in [0.1, 0.15) is 12.6 Å². The molecule has 28 heavy (non-hydrogen) atoms. The van der Waals surface area contributed by atoms with Gasteiger partial charge in [0.25, 0.3) is 5.91 Å². The molecule has 7 N–H and O–H groups in total. The minimum absolute atomic E-state index is 0.181. The topological polar surface area (TPSA) is 184 Å². The van der Waals surface area contributed by atoms with E-state index in [1.807, 2.05) is 6.26 Å². The lowest BCUT2D eigenvalue weighted by molar-refractivity contribution is -0.141. The number of aliphatic hydroxyl groups is 2. The summed E-state index contributed by atoms with van der Waals surface area (Å²) in [6, 6.07) is -0.692. The molecule has 0 aliphatic carbocycles. The zero-order valence-electron chi connectivity index (χ0n) is 15.1. The monoisotopic (exact) mass is 413 g/mol. The van der Waals surface area contributed by atoms with Crippen LogP contribution in [0.25, 0.3) is 11.2 Å². The van der Waals surface area contributed by atoms with Gasteiger partial charge in [0, 0.05) is 0 Å². The van der Waals surface area contributed by atoms with E-state index in [1.165, 1.54) is 17.2 Å². The van der Waals surface area contributed by atoms with Crippen molar-refractivity contribution in [3.8, 4) is 0 Å². The first-order valence-electron chi connectivity index (χ1n) is 8.54. The number of carbonyl (C=O) groups excluding carboxylic acids is 1. The van der Waals surface area contributed by atoms with Crippen molar-refractivity contribution in [2.45, 2.75) is 37.0 Å². The van der Waals surface area contributed by atoms with Crippen LogP contribution in [0.2, 0.25) is 0 Å². The molecule has 0 radical (unpaired) electrons. The number of ether oxygens (including phenoxy) is 1. The van der Waals surface area contributed by atoms with Gasteiger partial charge in [-0.25, -0.2) is 20.4 Å². The van der Waals surface area contributed by atoms with E-state index in [0.29, 0.717) is 17.6 Å². The molecule has 1 saturated heterocycles. The number of aliphatic hydroxyl groups excluding tert-OH is 2. The Hall–Kier alpha value is -2.03. The number of nitrogen functional groups attached to an aromatic ring is 1. The van der Waals surface area contributed by atoms with Gasteiger partial charge in [0.05, 0.1) is 12.4 Å². The summed E-state index contributed by atoms with van der Waals surface area (Å²) in [6.45, 7) is -0.181. The van der Waals surface area contributed by atoms with Crippen molar-refractivity contribution >= 4 is 34.7 Å². The molecule has 0 spiro atoms. The lowest BCUT2D eigenvalue weighted by Gasteiger charge is -2.16. The number of nitrogens with two attached hydrogens (primary N) is 2. The van der Waals surface area contributed by atoms with Crippen LogP contribution in [0.15, 0.2) is 12.7 Å². The lowest BCUT2D eigenvalue weighted by atomic mass is 10.1. The maximum absolute atomic E-state index is 11.8.